The van der Waals surface area contributed by atoms with Crippen LogP contribution in [0.15, 0.2) is 24.3 Å². The van der Waals surface area contributed by atoms with E-state index in [2.05, 4.69) is 9.88 Å². The highest BCUT2D eigenvalue weighted by Crippen LogP contribution is 2.25. The van der Waals surface area contributed by atoms with Gasteiger partial charge >= 0.3 is 0 Å². The summed E-state index contributed by atoms with van der Waals surface area (Å²) in [5, 5.41) is 0.857. The van der Waals surface area contributed by atoms with Gasteiger partial charge in [-0.05, 0) is 39.2 Å². The minimum atomic E-state index is 0.0416. The number of benzene rings is 1. The quantitative estimate of drug-likeness (QED) is 0.840. The molecule has 1 saturated heterocycles. The van der Waals surface area contributed by atoms with E-state index in [1.54, 1.807) is 7.11 Å². The van der Waals surface area contributed by atoms with Crippen molar-refractivity contribution in [3.63, 3.8) is 0 Å². The molecule has 2 aromatic rings. The van der Waals surface area contributed by atoms with Crippen LogP contribution in [0.5, 0.6) is 5.75 Å². The van der Waals surface area contributed by atoms with E-state index in [0.29, 0.717) is 37.8 Å². The fourth-order valence-electron chi connectivity index (χ4n) is 3.51. The SMILES string of the molecule is COc1ccc2c(C(=O)N3CCOC[C@@H](CN(C)C)C3)cc(C)nc2c1. The largest absolute Gasteiger partial charge is 0.497 e. The van der Waals surface area contributed by atoms with Crippen molar-refractivity contribution in [2.45, 2.75) is 6.92 Å². The molecule has 6 nitrogen and oxygen atoms in total. The van der Waals surface area contributed by atoms with E-state index < -0.39 is 0 Å². The van der Waals surface area contributed by atoms with E-state index in [0.717, 1.165) is 28.9 Å². The van der Waals surface area contributed by atoms with Gasteiger partial charge in [0.2, 0.25) is 0 Å². The van der Waals surface area contributed by atoms with Crippen molar-refractivity contribution in [2.24, 2.45) is 5.92 Å². The van der Waals surface area contributed by atoms with Gasteiger partial charge in [-0.15, -0.1) is 0 Å². The topological polar surface area (TPSA) is 54.9 Å². The van der Waals surface area contributed by atoms with Gasteiger partial charge in [0.25, 0.3) is 5.91 Å². The number of carbonyl (C=O) groups excluding carboxylic acids is 1. The molecule has 1 aromatic carbocycles. The first-order valence-electron chi connectivity index (χ1n) is 8.95. The molecule has 0 saturated carbocycles. The van der Waals surface area contributed by atoms with Crippen molar-refractivity contribution in [1.82, 2.24) is 14.8 Å². The van der Waals surface area contributed by atoms with Crippen LogP contribution in [0.4, 0.5) is 0 Å². The van der Waals surface area contributed by atoms with Crippen LogP contribution in [0, 0.1) is 12.8 Å². The summed E-state index contributed by atoms with van der Waals surface area (Å²) in [7, 11) is 5.72. The summed E-state index contributed by atoms with van der Waals surface area (Å²) in [5.41, 5.74) is 2.30. The number of aryl methyl sites for hydroxylation is 1. The summed E-state index contributed by atoms with van der Waals surface area (Å²) in [4.78, 5) is 21.9. The number of carbonyl (C=O) groups is 1. The molecule has 140 valence electrons. The first-order valence-corrected chi connectivity index (χ1v) is 8.95. The van der Waals surface area contributed by atoms with E-state index in [4.69, 9.17) is 9.47 Å². The Morgan fingerprint density at radius 2 is 2.19 bits per heavy atom. The summed E-state index contributed by atoms with van der Waals surface area (Å²) in [6.45, 7) is 5.39. The molecule has 0 bridgehead atoms. The summed E-state index contributed by atoms with van der Waals surface area (Å²) in [6.07, 6.45) is 0. The number of hydrogen-bond acceptors (Lipinski definition) is 5. The van der Waals surface area contributed by atoms with Crippen LogP contribution in [0.1, 0.15) is 16.1 Å². The maximum Gasteiger partial charge on any atom is 0.254 e. The average Bonchev–Trinajstić information content (AvgIpc) is 2.84. The molecule has 0 radical (unpaired) electrons. The van der Waals surface area contributed by atoms with Gasteiger partial charge < -0.3 is 19.3 Å². The second-order valence-corrected chi connectivity index (χ2v) is 7.15. The normalized spacial score (nSPS) is 18.2. The molecular formula is C20H27N3O3. The smallest absolute Gasteiger partial charge is 0.254 e. The second kappa shape index (κ2) is 8.01. The number of nitrogens with zero attached hydrogens (tertiary/aromatic N) is 3. The molecule has 6 heteroatoms. The third kappa shape index (κ3) is 4.14. The van der Waals surface area contributed by atoms with E-state index in [9.17, 15) is 4.79 Å². The van der Waals surface area contributed by atoms with Gasteiger partial charge in [-0.2, -0.15) is 0 Å². The summed E-state index contributed by atoms with van der Waals surface area (Å²) < 4.78 is 11.0. The van der Waals surface area contributed by atoms with E-state index in [1.165, 1.54) is 0 Å². The van der Waals surface area contributed by atoms with Crippen LogP contribution in [-0.4, -0.2) is 74.7 Å². The van der Waals surface area contributed by atoms with Gasteiger partial charge in [-0.3, -0.25) is 9.78 Å². The average molecular weight is 357 g/mol. The Bertz CT molecular complexity index is 791. The number of hydrogen-bond donors (Lipinski definition) is 0. The van der Waals surface area contributed by atoms with E-state index in [1.807, 2.05) is 50.2 Å². The van der Waals surface area contributed by atoms with Gasteiger partial charge in [0.15, 0.2) is 0 Å². The van der Waals surface area contributed by atoms with Crippen LogP contribution >= 0.6 is 0 Å². The summed E-state index contributed by atoms with van der Waals surface area (Å²) in [5.74, 6) is 1.09. The van der Waals surface area contributed by atoms with Crippen molar-refractivity contribution in [3.8, 4) is 5.75 Å². The predicted molar refractivity (Wildman–Crippen MR) is 102 cm³/mol. The molecule has 2 heterocycles. The van der Waals surface area contributed by atoms with Crippen LogP contribution in [0.25, 0.3) is 10.9 Å². The molecule has 0 aliphatic carbocycles. The van der Waals surface area contributed by atoms with E-state index >= 15 is 0 Å². The molecule has 1 amide bonds. The number of methoxy groups -OCH3 is 1. The Morgan fingerprint density at radius 1 is 1.38 bits per heavy atom. The van der Waals surface area contributed by atoms with Crippen LogP contribution in [0.2, 0.25) is 0 Å². The molecule has 1 aromatic heterocycles. The summed E-state index contributed by atoms with van der Waals surface area (Å²) in [6, 6.07) is 7.54. The number of rotatable bonds is 4. The lowest BCUT2D eigenvalue weighted by molar-refractivity contribution is 0.0737. The molecule has 1 aliphatic rings. The Balaban J connectivity index is 1.93. The lowest BCUT2D eigenvalue weighted by Crippen LogP contribution is -2.38. The van der Waals surface area contributed by atoms with Crippen LogP contribution in [0.3, 0.4) is 0 Å². The molecule has 26 heavy (non-hydrogen) atoms. The van der Waals surface area contributed by atoms with Gasteiger partial charge in [0, 0.05) is 42.7 Å². The number of amides is 1. The molecular weight excluding hydrogens is 330 g/mol. The predicted octanol–water partition coefficient (Wildman–Crippen LogP) is 2.20. The Kier molecular flexibility index (Phi) is 5.74. The van der Waals surface area contributed by atoms with Crippen molar-refractivity contribution < 1.29 is 14.3 Å². The molecule has 1 fully saturated rings. The van der Waals surface area contributed by atoms with Crippen molar-refractivity contribution in [3.05, 3.63) is 35.5 Å². The summed E-state index contributed by atoms with van der Waals surface area (Å²) >= 11 is 0. The third-order valence-corrected chi connectivity index (χ3v) is 4.62. The van der Waals surface area contributed by atoms with Crippen molar-refractivity contribution >= 4 is 16.8 Å². The highest BCUT2D eigenvalue weighted by atomic mass is 16.5. The minimum Gasteiger partial charge on any atom is -0.497 e. The van der Waals surface area contributed by atoms with Crippen molar-refractivity contribution in [1.29, 1.82) is 0 Å². The molecule has 1 atom stereocenters. The van der Waals surface area contributed by atoms with Gasteiger partial charge in [0.1, 0.15) is 5.75 Å². The molecule has 1 aliphatic heterocycles. The Labute approximate surface area is 154 Å². The first kappa shape index (κ1) is 18.6. The fraction of sp³-hybridized carbons (Fsp3) is 0.500. The van der Waals surface area contributed by atoms with Crippen molar-refractivity contribution in [2.75, 3.05) is 54.1 Å². The maximum atomic E-state index is 13.3. The van der Waals surface area contributed by atoms with Gasteiger partial charge in [-0.1, -0.05) is 0 Å². The lowest BCUT2D eigenvalue weighted by atomic mass is 10.0. The number of ether oxygens (including phenoxy) is 2. The Hall–Kier alpha value is -2.18. The lowest BCUT2D eigenvalue weighted by Gasteiger charge is -2.26. The number of pyridine rings is 1. The molecule has 3 rings (SSSR count). The molecule has 0 spiro atoms. The highest BCUT2D eigenvalue weighted by Gasteiger charge is 2.25. The minimum absolute atomic E-state index is 0.0416. The molecule has 0 unspecified atom stereocenters. The molecule has 0 N–H and O–H groups in total. The Morgan fingerprint density at radius 3 is 2.92 bits per heavy atom. The van der Waals surface area contributed by atoms with Gasteiger partial charge in [-0.25, -0.2) is 0 Å². The standard InChI is InChI=1S/C20H27N3O3/c1-14-9-18(17-6-5-16(25-4)10-19(17)21-14)20(24)23-7-8-26-13-15(12-23)11-22(2)3/h5-6,9-10,15H,7-8,11-13H2,1-4H3/t15-/m0/s1. The monoisotopic (exact) mass is 357 g/mol. The highest BCUT2D eigenvalue weighted by molar-refractivity contribution is 6.06. The fourth-order valence-corrected chi connectivity index (χ4v) is 3.51. The van der Waals surface area contributed by atoms with Crippen LogP contribution < -0.4 is 4.74 Å². The number of aromatic nitrogens is 1. The zero-order chi connectivity index (χ0) is 18.7. The third-order valence-electron chi connectivity index (χ3n) is 4.62. The van der Waals surface area contributed by atoms with Crippen LogP contribution in [-0.2, 0) is 4.74 Å². The second-order valence-electron chi connectivity index (χ2n) is 7.15. The maximum absolute atomic E-state index is 13.3. The van der Waals surface area contributed by atoms with Gasteiger partial charge in [0.05, 0.1) is 31.4 Å². The first-order chi connectivity index (χ1) is 12.5. The van der Waals surface area contributed by atoms with E-state index in [-0.39, 0.29) is 5.91 Å². The zero-order valence-electron chi connectivity index (χ0n) is 16.0. The number of fused-ring (bicyclic) bond motifs is 1. The zero-order valence-corrected chi connectivity index (χ0v) is 16.0.